The molecule has 1 aliphatic rings. The molecule has 5 rings (SSSR count). The molecule has 0 aliphatic carbocycles. The van der Waals surface area contributed by atoms with E-state index in [0.717, 1.165) is 41.3 Å². The maximum absolute atomic E-state index is 13.8. The van der Waals surface area contributed by atoms with Gasteiger partial charge in [0.1, 0.15) is 18.1 Å². The highest BCUT2D eigenvalue weighted by Crippen LogP contribution is 2.28. The van der Waals surface area contributed by atoms with Crippen LogP contribution in [0.4, 0.5) is 10.1 Å². The minimum atomic E-state index is -0.246. The summed E-state index contributed by atoms with van der Waals surface area (Å²) in [4.78, 5) is 17.5. The molecular formula is C29H29FN4O2. The smallest absolute Gasteiger partial charge is 0.244 e. The van der Waals surface area contributed by atoms with E-state index in [0.29, 0.717) is 24.3 Å². The standard InChI is InChI=1S/C29H29FN4O2/c1-21-17-23(11-12-26(21)30)27-19-28(22-7-4-3-5-8-22)34(31-27)20-29(35)33-15-13-32(14-16-33)24-9-6-10-25(18-24)36-2/h3-12,17-19H,13-16,20H2,1-2H3. The van der Waals surface area contributed by atoms with Gasteiger partial charge in [-0.15, -0.1) is 0 Å². The molecule has 0 bridgehead atoms. The van der Waals surface area contributed by atoms with Gasteiger partial charge in [0.15, 0.2) is 0 Å². The number of carbonyl (C=O) groups excluding carboxylic acids is 1. The van der Waals surface area contributed by atoms with Crippen molar-refractivity contribution in [2.75, 3.05) is 38.2 Å². The SMILES string of the molecule is COc1cccc(N2CCN(C(=O)Cn3nc(-c4ccc(F)c(C)c4)cc3-c3ccccc3)CC2)c1. The normalized spacial score (nSPS) is 13.6. The predicted octanol–water partition coefficient (Wildman–Crippen LogP) is 5.02. The van der Waals surface area contributed by atoms with E-state index in [1.807, 2.05) is 59.5 Å². The van der Waals surface area contributed by atoms with Crippen LogP contribution in [0.1, 0.15) is 5.56 Å². The zero-order chi connectivity index (χ0) is 25.1. The third-order valence-corrected chi connectivity index (χ3v) is 6.64. The number of nitrogens with zero attached hydrogens (tertiary/aromatic N) is 4. The molecule has 6 nitrogen and oxygen atoms in total. The summed E-state index contributed by atoms with van der Waals surface area (Å²) in [5.74, 6) is 0.609. The molecule has 1 amide bonds. The zero-order valence-corrected chi connectivity index (χ0v) is 20.5. The molecule has 1 saturated heterocycles. The lowest BCUT2D eigenvalue weighted by molar-refractivity contribution is -0.132. The van der Waals surface area contributed by atoms with Crippen LogP contribution < -0.4 is 9.64 Å². The molecule has 3 aromatic carbocycles. The number of hydrogen-bond acceptors (Lipinski definition) is 4. The summed E-state index contributed by atoms with van der Waals surface area (Å²) < 4.78 is 20.9. The summed E-state index contributed by atoms with van der Waals surface area (Å²) in [5, 5.41) is 4.77. The van der Waals surface area contributed by atoms with Gasteiger partial charge >= 0.3 is 0 Å². The number of carbonyl (C=O) groups is 1. The lowest BCUT2D eigenvalue weighted by Gasteiger charge is -2.36. The fourth-order valence-electron chi connectivity index (χ4n) is 4.57. The average molecular weight is 485 g/mol. The van der Waals surface area contributed by atoms with Crippen molar-refractivity contribution in [3.05, 3.63) is 90.2 Å². The quantitative estimate of drug-likeness (QED) is 0.386. The van der Waals surface area contributed by atoms with Crippen LogP contribution in [0.25, 0.3) is 22.5 Å². The van der Waals surface area contributed by atoms with Crippen molar-refractivity contribution in [3.8, 4) is 28.3 Å². The van der Waals surface area contributed by atoms with E-state index >= 15 is 0 Å². The van der Waals surface area contributed by atoms with Gasteiger partial charge in [0.2, 0.25) is 5.91 Å². The Bertz CT molecular complexity index is 1360. The summed E-state index contributed by atoms with van der Waals surface area (Å²) in [5.41, 5.74) is 5.03. The van der Waals surface area contributed by atoms with E-state index < -0.39 is 0 Å². The maximum atomic E-state index is 13.8. The molecule has 36 heavy (non-hydrogen) atoms. The fourth-order valence-corrected chi connectivity index (χ4v) is 4.57. The Morgan fingerprint density at radius 1 is 0.917 bits per heavy atom. The van der Waals surface area contributed by atoms with E-state index in [9.17, 15) is 9.18 Å². The molecule has 4 aromatic rings. The highest BCUT2D eigenvalue weighted by Gasteiger charge is 2.23. The number of anilines is 1. The van der Waals surface area contributed by atoms with Crippen LogP contribution >= 0.6 is 0 Å². The Labute approximate surface area is 210 Å². The monoisotopic (exact) mass is 484 g/mol. The number of ether oxygens (including phenoxy) is 1. The summed E-state index contributed by atoms with van der Waals surface area (Å²) in [6.07, 6.45) is 0. The molecule has 1 aromatic heterocycles. The van der Waals surface area contributed by atoms with E-state index in [1.54, 1.807) is 30.8 Å². The summed E-state index contributed by atoms with van der Waals surface area (Å²) >= 11 is 0. The number of methoxy groups -OCH3 is 1. The molecule has 7 heteroatoms. The Morgan fingerprint density at radius 2 is 1.69 bits per heavy atom. The first-order valence-electron chi connectivity index (χ1n) is 12.1. The Kier molecular flexibility index (Phi) is 6.71. The first kappa shape index (κ1) is 23.6. The van der Waals surface area contributed by atoms with Crippen molar-refractivity contribution in [2.24, 2.45) is 0 Å². The molecule has 0 spiro atoms. The van der Waals surface area contributed by atoms with Crippen LogP contribution in [-0.2, 0) is 11.3 Å². The highest BCUT2D eigenvalue weighted by molar-refractivity contribution is 5.78. The molecule has 0 radical (unpaired) electrons. The Balaban J connectivity index is 1.34. The van der Waals surface area contributed by atoms with Gasteiger partial charge in [-0.3, -0.25) is 9.48 Å². The first-order chi connectivity index (χ1) is 17.5. The van der Waals surface area contributed by atoms with Crippen molar-refractivity contribution in [1.82, 2.24) is 14.7 Å². The lowest BCUT2D eigenvalue weighted by Crippen LogP contribution is -2.49. The Morgan fingerprint density at radius 3 is 2.42 bits per heavy atom. The number of aromatic nitrogens is 2. The van der Waals surface area contributed by atoms with E-state index in [1.165, 1.54) is 6.07 Å². The van der Waals surface area contributed by atoms with Gasteiger partial charge in [-0.1, -0.05) is 36.4 Å². The number of benzene rings is 3. The van der Waals surface area contributed by atoms with Crippen molar-refractivity contribution >= 4 is 11.6 Å². The second kappa shape index (κ2) is 10.2. The highest BCUT2D eigenvalue weighted by atomic mass is 19.1. The predicted molar refractivity (Wildman–Crippen MR) is 140 cm³/mol. The van der Waals surface area contributed by atoms with Gasteiger partial charge in [-0.2, -0.15) is 5.10 Å². The second-order valence-corrected chi connectivity index (χ2v) is 8.97. The molecule has 0 atom stereocenters. The van der Waals surface area contributed by atoms with Gasteiger partial charge in [0.25, 0.3) is 0 Å². The minimum absolute atomic E-state index is 0.0300. The molecule has 184 valence electrons. The average Bonchev–Trinajstić information content (AvgIpc) is 3.34. The minimum Gasteiger partial charge on any atom is -0.497 e. The van der Waals surface area contributed by atoms with Crippen LogP contribution in [0.2, 0.25) is 0 Å². The van der Waals surface area contributed by atoms with Crippen LogP contribution in [0.15, 0.2) is 78.9 Å². The largest absolute Gasteiger partial charge is 0.497 e. The second-order valence-electron chi connectivity index (χ2n) is 8.97. The molecule has 1 fully saturated rings. The number of hydrogen-bond donors (Lipinski definition) is 0. The Hall–Kier alpha value is -4.13. The van der Waals surface area contributed by atoms with Gasteiger partial charge in [0.05, 0.1) is 18.5 Å². The third-order valence-electron chi connectivity index (χ3n) is 6.64. The lowest BCUT2D eigenvalue weighted by atomic mass is 10.1. The molecular weight excluding hydrogens is 455 g/mol. The van der Waals surface area contributed by atoms with Crippen molar-refractivity contribution in [3.63, 3.8) is 0 Å². The topological polar surface area (TPSA) is 50.6 Å². The van der Waals surface area contributed by atoms with Gasteiger partial charge < -0.3 is 14.5 Å². The van der Waals surface area contributed by atoms with E-state index in [2.05, 4.69) is 11.0 Å². The zero-order valence-electron chi connectivity index (χ0n) is 20.5. The molecule has 0 N–H and O–H groups in total. The van der Waals surface area contributed by atoms with Crippen molar-refractivity contribution in [1.29, 1.82) is 0 Å². The number of aryl methyl sites for hydroxylation is 1. The fraction of sp³-hybridized carbons (Fsp3) is 0.241. The summed E-state index contributed by atoms with van der Waals surface area (Å²) in [7, 11) is 1.66. The van der Waals surface area contributed by atoms with Crippen LogP contribution in [0.3, 0.4) is 0 Å². The molecule has 0 unspecified atom stereocenters. The number of piperazine rings is 1. The van der Waals surface area contributed by atoms with Crippen molar-refractivity contribution < 1.29 is 13.9 Å². The number of halogens is 1. The summed E-state index contributed by atoms with van der Waals surface area (Å²) in [6.45, 7) is 4.67. The molecule has 0 saturated carbocycles. The third kappa shape index (κ3) is 4.96. The van der Waals surface area contributed by atoms with Crippen LogP contribution in [-0.4, -0.2) is 53.9 Å². The van der Waals surface area contributed by atoms with Crippen molar-refractivity contribution in [2.45, 2.75) is 13.5 Å². The van der Waals surface area contributed by atoms with E-state index in [4.69, 9.17) is 9.84 Å². The van der Waals surface area contributed by atoms with Gasteiger partial charge in [-0.05, 0) is 54.4 Å². The number of amides is 1. The molecule has 2 heterocycles. The molecule has 1 aliphatic heterocycles. The summed E-state index contributed by atoms with van der Waals surface area (Å²) in [6, 6.07) is 24.8. The van der Waals surface area contributed by atoms with Gasteiger partial charge in [0, 0.05) is 43.5 Å². The van der Waals surface area contributed by atoms with Gasteiger partial charge in [-0.25, -0.2) is 4.39 Å². The first-order valence-corrected chi connectivity index (χ1v) is 12.1. The van der Waals surface area contributed by atoms with Crippen LogP contribution in [0, 0.1) is 12.7 Å². The number of rotatable bonds is 6. The van der Waals surface area contributed by atoms with E-state index in [-0.39, 0.29) is 18.3 Å². The maximum Gasteiger partial charge on any atom is 0.244 e. The van der Waals surface area contributed by atoms with Crippen LogP contribution in [0.5, 0.6) is 5.75 Å².